The summed E-state index contributed by atoms with van der Waals surface area (Å²) < 4.78 is 16.9. The van der Waals surface area contributed by atoms with Gasteiger partial charge >= 0.3 is 0 Å². The first-order valence-electron chi connectivity index (χ1n) is 9.06. The van der Waals surface area contributed by atoms with Gasteiger partial charge < -0.3 is 14.2 Å². The van der Waals surface area contributed by atoms with E-state index in [9.17, 15) is 0 Å². The summed E-state index contributed by atoms with van der Waals surface area (Å²) >= 11 is 0. The molecule has 0 saturated carbocycles. The Morgan fingerprint density at radius 2 is 2.12 bits per heavy atom. The lowest BCUT2D eigenvalue weighted by atomic mass is 10.1. The molecule has 0 bridgehead atoms. The van der Waals surface area contributed by atoms with Gasteiger partial charge in [0, 0.05) is 40.4 Å². The Bertz CT molecular complexity index is 588. The molecule has 0 unspecified atom stereocenters. The Morgan fingerprint density at radius 1 is 1.31 bits per heavy atom. The Balaban J connectivity index is 1.93. The predicted molar refractivity (Wildman–Crippen MR) is 106 cm³/mol. The number of benzene rings is 1. The molecule has 0 spiro atoms. The molecular formula is C21H30N2O3. The van der Waals surface area contributed by atoms with Gasteiger partial charge in [-0.3, -0.25) is 9.89 Å². The van der Waals surface area contributed by atoms with Gasteiger partial charge in [-0.15, -0.1) is 0 Å². The largest absolute Gasteiger partial charge is 0.489 e. The van der Waals surface area contributed by atoms with Gasteiger partial charge in [0.25, 0.3) is 0 Å². The van der Waals surface area contributed by atoms with Crippen molar-refractivity contribution in [1.82, 2.24) is 4.90 Å². The predicted octanol–water partition coefficient (Wildman–Crippen LogP) is 3.38. The smallest absolute Gasteiger partial charge is 0.137 e. The molecule has 5 nitrogen and oxygen atoms in total. The number of hydrogen-bond donors (Lipinski definition) is 0. The van der Waals surface area contributed by atoms with Gasteiger partial charge in [-0.2, -0.15) is 0 Å². The Labute approximate surface area is 157 Å². The van der Waals surface area contributed by atoms with Crippen molar-refractivity contribution >= 4 is 6.21 Å². The molecule has 2 rings (SSSR count). The molecule has 1 aliphatic heterocycles. The summed E-state index contributed by atoms with van der Waals surface area (Å²) in [6.07, 6.45) is 6.11. The fraction of sp³-hybridized carbons (Fsp3) is 0.476. The second kappa shape index (κ2) is 11.6. The Kier molecular flexibility index (Phi) is 9.10. The highest BCUT2D eigenvalue weighted by atomic mass is 16.5. The second-order valence-electron chi connectivity index (χ2n) is 6.21. The van der Waals surface area contributed by atoms with Crippen LogP contribution in [0.3, 0.4) is 0 Å². The SMILES string of the molecule is C=C/C=C(\C=N/C)OC[C@@H](OC)c1ccc(CN2CCCOCC2)cc1. The first kappa shape index (κ1) is 20.4. The third kappa shape index (κ3) is 6.75. The zero-order chi connectivity index (χ0) is 18.6. The van der Waals surface area contributed by atoms with Crippen LogP contribution in [0.15, 0.2) is 53.7 Å². The summed E-state index contributed by atoms with van der Waals surface area (Å²) in [6, 6.07) is 8.57. The molecular weight excluding hydrogens is 328 g/mol. The fourth-order valence-electron chi connectivity index (χ4n) is 2.90. The molecule has 0 aromatic heterocycles. The lowest BCUT2D eigenvalue weighted by molar-refractivity contribution is 0.0373. The summed E-state index contributed by atoms with van der Waals surface area (Å²) in [7, 11) is 3.41. The molecule has 26 heavy (non-hydrogen) atoms. The van der Waals surface area contributed by atoms with Crippen LogP contribution in [-0.2, 0) is 20.8 Å². The van der Waals surface area contributed by atoms with Crippen LogP contribution in [0.4, 0.5) is 0 Å². The summed E-state index contributed by atoms with van der Waals surface area (Å²) in [4.78, 5) is 6.42. The van der Waals surface area contributed by atoms with E-state index in [1.807, 2.05) is 0 Å². The third-order valence-electron chi connectivity index (χ3n) is 4.30. The van der Waals surface area contributed by atoms with Crippen molar-refractivity contribution in [2.45, 2.75) is 19.1 Å². The van der Waals surface area contributed by atoms with E-state index in [-0.39, 0.29) is 6.10 Å². The molecule has 5 heteroatoms. The molecule has 1 heterocycles. The maximum atomic E-state index is 5.79. The van der Waals surface area contributed by atoms with Crippen molar-refractivity contribution < 1.29 is 14.2 Å². The number of nitrogens with zero attached hydrogens (tertiary/aromatic N) is 2. The summed E-state index contributed by atoms with van der Waals surface area (Å²) in [5, 5.41) is 0. The third-order valence-corrected chi connectivity index (χ3v) is 4.30. The summed E-state index contributed by atoms with van der Waals surface area (Å²) in [5.41, 5.74) is 2.40. The van der Waals surface area contributed by atoms with Crippen LogP contribution >= 0.6 is 0 Å². The molecule has 1 aromatic rings. The minimum absolute atomic E-state index is 0.130. The number of rotatable bonds is 9. The molecule has 0 aliphatic carbocycles. The van der Waals surface area contributed by atoms with Crippen LogP contribution in [0, 0.1) is 0 Å². The van der Waals surface area contributed by atoms with E-state index in [4.69, 9.17) is 14.2 Å². The lowest BCUT2D eigenvalue weighted by Crippen LogP contribution is -2.25. The molecule has 0 amide bonds. The van der Waals surface area contributed by atoms with Crippen LogP contribution in [0.2, 0.25) is 0 Å². The number of allylic oxidation sites excluding steroid dienone is 3. The fourth-order valence-corrected chi connectivity index (χ4v) is 2.90. The van der Waals surface area contributed by atoms with Crippen LogP contribution < -0.4 is 0 Å². The Hall–Kier alpha value is -1.95. The number of methoxy groups -OCH3 is 1. The highest BCUT2D eigenvalue weighted by Gasteiger charge is 2.13. The van der Waals surface area contributed by atoms with Crippen molar-refractivity contribution in [1.29, 1.82) is 0 Å². The van der Waals surface area contributed by atoms with Gasteiger partial charge in [0.2, 0.25) is 0 Å². The van der Waals surface area contributed by atoms with Crippen LogP contribution in [0.25, 0.3) is 0 Å². The van der Waals surface area contributed by atoms with Gasteiger partial charge in [-0.25, -0.2) is 0 Å². The van der Waals surface area contributed by atoms with Gasteiger partial charge in [0.15, 0.2) is 0 Å². The van der Waals surface area contributed by atoms with Crippen LogP contribution in [0.5, 0.6) is 0 Å². The van der Waals surface area contributed by atoms with Gasteiger partial charge in [-0.05, 0) is 23.6 Å². The highest BCUT2D eigenvalue weighted by molar-refractivity contribution is 5.76. The van der Waals surface area contributed by atoms with Crippen molar-refractivity contribution in [3.05, 3.63) is 59.9 Å². The normalized spacial score (nSPS) is 17.8. The van der Waals surface area contributed by atoms with Crippen molar-refractivity contribution in [3.63, 3.8) is 0 Å². The minimum atomic E-state index is -0.130. The average molecular weight is 358 g/mol. The topological polar surface area (TPSA) is 43.3 Å². The quantitative estimate of drug-likeness (QED) is 0.386. The first-order valence-corrected chi connectivity index (χ1v) is 9.06. The molecule has 0 N–H and O–H groups in total. The molecule has 1 saturated heterocycles. The molecule has 1 atom stereocenters. The molecule has 0 radical (unpaired) electrons. The van der Waals surface area contributed by atoms with E-state index in [1.165, 1.54) is 5.56 Å². The number of hydrogen-bond acceptors (Lipinski definition) is 5. The van der Waals surface area contributed by atoms with Crippen molar-refractivity contribution in [2.75, 3.05) is 47.1 Å². The Morgan fingerprint density at radius 3 is 2.81 bits per heavy atom. The molecule has 1 fully saturated rings. The first-order chi connectivity index (χ1) is 12.8. The monoisotopic (exact) mass is 358 g/mol. The summed E-state index contributed by atoms with van der Waals surface area (Å²) in [6.45, 7) is 8.85. The summed E-state index contributed by atoms with van der Waals surface area (Å²) in [5.74, 6) is 0.671. The van der Waals surface area contributed by atoms with Gasteiger partial charge in [0.05, 0.1) is 12.8 Å². The van der Waals surface area contributed by atoms with E-state index in [2.05, 4.69) is 40.7 Å². The molecule has 142 valence electrons. The van der Waals surface area contributed by atoms with Crippen LogP contribution in [0.1, 0.15) is 23.7 Å². The lowest BCUT2D eigenvalue weighted by Gasteiger charge is -2.20. The van der Waals surface area contributed by atoms with E-state index >= 15 is 0 Å². The molecule has 1 aliphatic rings. The zero-order valence-electron chi connectivity index (χ0n) is 15.9. The second-order valence-corrected chi connectivity index (χ2v) is 6.21. The highest BCUT2D eigenvalue weighted by Crippen LogP contribution is 2.19. The van der Waals surface area contributed by atoms with Crippen LogP contribution in [-0.4, -0.2) is 58.2 Å². The minimum Gasteiger partial charge on any atom is -0.489 e. The van der Waals surface area contributed by atoms with E-state index < -0.39 is 0 Å². The number of aliphatic imine (C=N–C) groups is 1. The van der Waals surface area contributed by atoms with Crippen molar-refractivity contribution in [3.8, 4) is 0 Å². The average Bonchev–Trinajstić information content (AvgIpc) is 2.92. The zero-order valence-corrected chi connectivity index (χ0v) is 15.9. The van der Waals surface area contributed by atoms with E-state index in [0.29, 0.717) is 12.4 Å². The van der Waals surface area contributed by atoms with E-state index in [1.54, 1.807) is 32.5 Å². The molecule has 1 aromatic carbocycles. The van der Waals surface area contributed by atoms with Gasteiger partial charge in [-0.1, -0.05) is 36.9 Å². The van der Waals surface area contributed by atoms with Crippen molar-refractivity contribution in [2.24, 2.45) is 4.99 Å². The maximum Gasteiger partial charge on any atom is 0.137 e. The maximum absolute atomic E-state index is 5.79. The van der Waals surface area contributed by atoms with E-state index in [0.717, 1.165) is 44.8 Å². The van der Waals surface area contributed by atoms with Gasteiger partial charge in [0.1, 0.15) is 18.5 Å². The standard InChI is InChI=1S/C21H30N2O3/c1-4-6-20(15-22-2)26-17-21(24-3)19-9-7-18(8-10-19)16-23-11-5-13-25-14-12-23/h4,6-10,15,21H,1,5,11-14,16-17H2,2-3H3/b20-6+,22-15-/t21-/m1/s1. The number of ether oxygens (including phenoxy) is 3.